The molecule has 43 heavy (non-hydrogen) atoms. The molecule has 0 radical (unpaired) electrons. The van der Waals surface area contributed by atoms with Gasteiger partial charge in [-0.2, -0.15) is 0 Å². The van der Waals surface area contributed by atoms with Crippen LogP contribution in [0, 0.1) is 12.7 Å². The van der Waals surface area contributed by atoms with Crippen molar-refractivity contribution in [1.82, 2.24) is 14.3 Å². The predicted molar refractivity (Wildman–Crippen MR) is 163 cm³/mol. The van der Waals surface area contributed by atoms with Crippen LogP contribution in [0.25, 0.3) is 16.6 Å². The zero-order valence-electron chi connectivity index (χ0n) is 23.7. The van der Waals surface area contributed by atoms with E-state index < -0.39 is 11.4 Å². The summed E-state index contributed by atoms with van der Waals surface area (Å²) in [5.74, 6) is 0.0897. The summed E-state index contributed by atoms with van der Waals surface area (Å²) in [6.45, 7) is 2.17. The first-order valence-electron chi connectivity index (χ1n) is 13.8. The normalized spacial score (nSPS) is 11.0. The Morgan fingerprint density at radius 1 is 0.860 bits per heavy atom. The lowest BCUT2D eigenvalue weighted by Gasteiger charge is -2.14. The molecule has 8 heteroatoms. The maximum absolute atomic E-state index is 15.3. The van der Waals surface area contributed by atoms with E-state index in [-0.39, 0.29) is 23.5 Å². The first-order chi connectivity index (χ1) is 20.9. The van der Waals surface area contributed by atoms with Gasteiger partial charge in [0.25, 0.3) is 5.56 Å². The van der Waals surface area contributed by atoms with Gasteiger partial charge in [0.1, 0.15) is 17.1 Å². The van der Waals surface area contributed by atoms with Gasteiger partial charge < -0.3 is 9.47 Å². The van der Waals surface area contributed by atoms with E-state index in [4.69, 9.17) is 9.47 Å². The summed E-state index contributed by atoms with van der Waals surface area (Å²) in [5, 5.41) is 0.701. The predicted octanol–water partition coefficient (Wildman–Crippen LogP) is 6.91. The minimum absolute atomic E-state index is 0.0103. The molecule has 0 unspecified atom stereocenters. The van der Waals surface area contributed by atoms with Gasteiger partial charge in [0, 0.05) is 29.8 Å². The van der Waals surface area contributed by atoms with Crippen LogP contribution in [-0.4, -0.2) is 27.2 Å². The van der Waals surface area contributed by atoms with E-state index in [2.05, 4.69) is 4.98 Å². The van der Waals surface area contributed by atoms with Crippen molar-refractivity contribution in [2.75, 3.05) is 7.11 Å². The molecular formula is C35H28FN3O4. The number of ketones is 1. The quantitative estimate of drug-likeness (QED) is 0.176. The van der Waals surface area contributed by atoms with E-state index in [1.54, 1.807) is 50.6 Å². The average Bonchev–Trinajstić information content (AvgIpc) is 3.27. The number of pyridine rings is 1. The summed E-state index contributed by atoms with van der Waals surface area (Å²) < 4.78 is 29.8. The summed E-state index contributed by atoms with van der Waals surface area (Å²) in [4.78, 5) is 31.6. The van der Waals surface area contributed by atoms with Gasteiger partial charge in [-0.15, -0.1) is 0 Å². The average molecular weight is 574 g/mol. The molecule has 0 bridgehead atoms. The van der Waals surface area contributed by atoms with E-state index in [9.17, 15) is 9.59 Å². The van der Waals surface area contributed by atoms with Gasteiger partial charge in [-0.05, 0) is 60.5 Å². The smallest absolute Gasteiger partial charge is 0.282 e. The Labute approximate surface area is 247 Å². The lowest BCUT2D eigenvalue weighted by Crippen LogP contribution is -2.24. The third-order valence-corrected chi connectivity index (χ3v) is 7.34. The molecule has 0 spiro atoms. The zero-order valence-corrected chi connectivity index (χ0v) is 23.7. The summed E-state index contributed by atoms with van der Waals surface area (Å²) in [7, 11) is 1.57. The van der Waals surface area contributed by atoms with Crippen LogP contribution in [0.2, 0.25) is 0 Å². The van der Waals surface area contributed by atoms with Crippen LogP contribution in [0.5, 0.6) is 17.2 Å². The molecule has 0 saturated heterocycles. The molecule has 0 atom stereocenters. The van der Waals surface area contributed by atoms with Gasteiger partial charge in [0.05, 0.1) is 24.9 Å². The molecular weight excluding hydrogens is 545 g/mol. The Kier molecular flexibility index (Phi) is 7.57. The number of hydrogen-bond acceptors (Lipinski definition) is 5. The zero-order chi connectivity index (χ0) is 29.9. The Balaban J connectivity index is 1.29. The van der Waals surface area contributed by atoms with Crippen LogP contribution in [0.1, 0.15) is 27.2 Å². The van der Waals surface area contributed by atoms with Crippen molar-refractivity contribution in [1.29, 1.82) is 0 Å². The second kappa shape index (κ2) is 11.8. The second-order valence-corrected chi connectivity index (χ2v) is 10.1. The summed E-state index contributed by atoms with van der Waals surface area (Å²) >= 11 is 0. The second-order valence-electron chi connectivity index (χ2n) is 10.1. The highest BCUT2D eigenvalue weighted by molar-refractivity contribution is 5.98. The minimum atomic E-state index is -0.621. The molecule has 0 aliphatic rings. The first-order valence-corrected chi connectivity index (χ1v) is 13.8. The van der Waals surface area contributed by atoms with Gasteiger partial charge in [-0.3, -0.25) is 19.3 Å². The summed E-state index contributed by atoms with van der Waals surface area (Å²) in [6, 6.07) is 30.3. The highest BCUT2D eigenvalue weighted by Gasteiger charge is 2.24. The van der Waals surface area contributed by atoms with E-state index in [1.165, 1.54) is 16.8 Å². The largest absolute Gasteiger partial charge is 0.497 e. The number of hydrogen-bond donors (Lipinski definition) is 0. The number of carbonyl (C=O) groups excluding carboxylic acids is 1. The number of benzene rings is 4. The molecule has 2 aromatic heterocycles. The van der Waals surface area contributed by atoms with Crippen molar-refractivity contribution in [2.24, 2.45) is 0 Å². The fourth-order valence-electron chi connectivity index (χ4n) is 5.19. The van der Waals surface area contributed by atoms with Crippen molar-refractivity contribution in [3.63, 3.8) is 0 Å². The number of ether oxygens (including phenoxy) is 2. The van der Waals surface area contributed by atoms with Crippen LogP contribution < -0.4 is 15.0 Å². The van der Waals surface area contributed by atoms with Crippen LogP contribution in [0.15, 0.2) is 114 Å². The molecule has 6 aromatic rings. The van der Waals surface area contributed by atoms with Gasteiger partial charge in [0.2, 0.25) is 0 Å². The van der Waals surface area contributed by atoms with Crippen LogP contribution in [0.3, 0.4) is 0 Å². The molecule has 0 amide bonds. The topological polar surface area (TPSA) is 75.3 Å². The van der Waals surface area contributed by atoms with Crippen LogP contribution >= 0.6 is 0 Å². The Morgan fingerprint density at radius 3 is 2.33 bits per heavy atom. The van der Waals surface area contributed by atoms with Crippen LogP contribution in [0.4, 0.5) is 4.39 Å². The van der Waals surface area contributed by atoms with Crippen molar-refractivity contribution in [2.45, 2.75) is 19.9 Å². The van der Waals surface area contributed by atoms with Gasteiger partial charge >= 0.3 is 0 Å². The van der Waals surface area contributed by atoms with Gasteiger partial charge in [-0.1, -0.05) is 54.6 Å². The Hall–Kier alpha value is -5.50. The lowest BCUT2D eigenvalue weighted by atomic mass is 10.0. The highest BCUT2D eigenvalue weighted by Crippen LogP contribution is 2.32. The lowest BCUT2D eigenvalue weighted by molar-refractivity contribution is 0.0991. The number of methoxy groups -OCH3 is 1. The van der Waals surface area contributed by atoms with E-state index in [0.29, 0.717) is 45.9 Å². The van der Waals surface area contributed by atoms with Crippen molar-refractivity contribution in [3.05, 3.63) is 148 Å². The number of fused-ring (bicyclic) bond motifs is 1. The fourth-order valence-corrected chi connectivity index (χ4v) is 5.19. The van der Waals surface area contributed by atoms with E-state index >= 15 is 4.39 Å². The molecule has 0 saturated carbocycles. The van der Waals surface area contributed by atoms with Crippen molar-refractivity contribution >= 4 is 16.7 Å². The molecule has 0 aliphatic carbocycles. The Bertz CT molecular complexity index is 2000. The molecule has 0 N–H and O–H groups in total. The molecule has 6 rings (SSSR count). The molecule has 2 heterocycles. The van der Waals surface area contributed by atoms with Gasteiger partial charge in [-0.25, -0.2) is 9.07 Å². The minimum Gasteiger partial charge on any atom is -0.497 e. The number of halogens is 1. The van der Waals surface area contributed by atoms with Crippen LogP contribution in [-0.2, 0) is 13.0 Å². The molecule has 0 aliphatic heterocycles. The molecule has 4 aromatic carbocycles. The number of rotatable bonds is 9. The fraction of sp³-hybridized carbons (Fsp3) is 0.114. The van der Waals surface area contributed by atoms with E-state index in [1.807, 2.05) is 65.3 Å². The summed E-state index contributed by atoms with van der Waals surface area (Å²) in [5.41, 5.74) is 2.94. The summed E-state index contributed by atoms with van der Waals surface area (Å²) in [6.07, 6.45) is 1.44. The number of carbonyl (C=O) groups is 1. The number of aromatic nitrogens is 3. The van der Waals surface area contributed by atoms with E-state index in [0.717, 1.165) is 5.56 Å². The third kappa shape index (κ3) is 5.55. The molecule has 214 valence electrons. The number of para-hydroxylation sites is 1. The monoisotopic (exact) mass is 573 g/mol. The third-order valence-electron chi connectivity index (χ3n) is 7.34. The maximum Gasteiger partial charge on any atom is 0.282 e. The first kappa shape index (κ1) is 27.7. The molecule has 0 fully saturated rings. The van der Waals surface area contributed by atoms with Crippen molar-refractivity contribution in [3.8, 4) is 22.9 Å². The maximum atomic E-state index is 15.3. The number of nitrogens with zero attached hydrogens (tertiary/aromatic N) is 3. The SMILES string of the molecule is COc1ccc2c(Oc3ccc(CC(=O)c4c(C)n(Cc5ccccc5)n(-c5ccccc5)c4=O)cc3F)ccnc2c1. The van der Waals surface area contributed by atoms with Crippen molar-refractivity contribution < 1.29 is 18.7 Å². The standard InChI is InChI=1S/C35H28FN3O4/c1-23-34(35(41)39(26-11-7-4-8-12-26)38(23)22-24-9-5-3-6-10-24)31(40)20-25-13-16-33(29(36)19-25)43-32-17-18-37-30-21-27(42-2)14-15-28(30)32/h3-19,21H,20,22H2,1-2H3. The number of Topliss-reactive ketones (excluding diaryl/α,β-unsaturated/α-hetero) is 1. The Morgan fingerprint density at radius 2 is 1.60 bits per heavy atom. The molecule has 7 nitrogen and oxygen atoms in total. The van der Waals surface area contributed by atoms with Gasteiger partial charge in [0.15, 0.2) is 17.3 Å². The highest BCUT2D eigenvalue weighted by atomic mass is 19.1.